The Balaban J connectivity index is 0.00000182. The van der Waals surface area contributed by atoms with Crippen molar-refractivity contribution < 1.29 is 4.79 Å². The van der Waals surface area contributed by atoms with Crippen LogP contribution >= 0.6 is 24.8 Å². The average Bonchev–Trinajstić information content (AvgIpc) is 2.88. The Labute approximate surface area is 174 Å². The molecule has 4 nitrogen and oxygen atoms in total. The van der Waals surface area contributed by atoms with Crippen LogP contribution in [0.5, 0.6) is 0 Å². The number of amides is 1. The third kappa shape index (κ3) is 7.15. The molecule has 0 saturated carbocycles. The maximum Gasteiger partial charge on any atom is 0.239 e. The molecule has 6 heteroatoms. The molecule has 1 heterocycles. The smallest absolute Gasteiger partial charge is 0.239 e. The Morgan fingerprint density at radius 1 is 0.852 bits per heavy atom. The van der Waals surface area contributed by atoms with Gasteiger partial charge in [0, 0.05) is 32.7 Å². The van der Waals surface area contributed by atoms with Crippen molar-refractivity contribution in [3.8, 4) is 0 Å². The first kappa shape index (κ1) is 23.4. The van der Waals surface area contributed by atoms with Crippen LogP contribution in [0.25, 0.3) is 0 Å². The fraction of sp³-hybridized carbons (Fsp3) is 0.381. The minimum atomic E-state index is -0.455. The second-order valence-corrected chi connectivity index (χ2v) is 6.74. The molecule has 1 aliphatic heterocycles. The van der Waals surface area contributed by atoms with Crippen LogP contribution in [0.15, 0.2) is 60.7 Å². The zero-order chi connectivity index (χ0) is 17.5. The number of nitrogens with two attached hydrogens (primary N) is 1. The summed E-state index contributed by atoms with van der Waals surface area (Å²) in [6.45, 7) is 4.42. The lowest BCUT2D eigenvalue weighted by Crippen LogP contribution is -2.46. The van der Waals surface area contributed by atoms with E-state index in [2.05, 4.69) is 29.2 Å². The molecule has 0 bridgehead atoms. The molecular formula is C21H29Cl2N3O. The minimum Gasteiger partial charge on any atom is -0.340 e. The highest BCUT2D eigenvalue weighted by atomic mass is 35.5. The van der Waals surface area contributed by atoms with Crippen molar-refractivity contribution in [2.75, 3.05) is 26.2 Å². The number of benzene rings is 2. The van der Waals surface area contributed by atoms with E-state index in [1.165, 1.54) is 5.56 Å². The van der Waals surface area contributed by atoms with Crippen LogP contribution in [-0.2, 0) is 17.8 Å². The second kappa shape index (κ2) is 12.0. The van der Waals surface area contributed by atoms with Crippen molar-refractivity contribution >= 4 is 30.7 Å². The number of nitrogens with zero attached hydrogens (tertiary/aromatic N) is 2. The van der Waals surface area contributed by atoms with E-state index in [4.69, 9.17) is 5.73 Å². The van der Waals surface area contributed by atoms with Gasteiger partial charge in [0.15, 0.2) is 0 Å². The summed E-state index contributed by atoms with van der Waals surface area (Å²) in [7, 11) is 0. The molecule has 0 aromatic heterocycles. The van der Waals surface area contributed by atoms with E-state index >= 15 is 0 Å². The molecule has 2 aromatic rings. The number of hydrogen-bond donors (Lipinski definition) is 1. The van der Waals surface area contributed by atoms with Crippen molar-refractivity contribution in [2.45, 2.75) is 25.4 Å². The summed E-state index contributed by atoms with van der Waals surface area (Å²) in [6.07, 6.45) is 1.60. The summed E-state index contributed by atoms with van der Waals surface area (Å²) >= 11 is 0. The third-order valence-corrected chi connectivity index (χ3v) is 4.76. The Morgan fingerprint density at radius 2 is 1.44 bits per heavy atom. The molecule has 3 rings (SSSR count). The Bertz CT molecular complexity index is 670. The maximum atomic E-state index is 12.7. The molecule has 27 heavy (non-hydrogen) atoms. The van der Waals surface area contributed by atoms with Gasteiger partial charge in [0.1, 0.15) is 0 Å². The van der Waals surface area contributed by atoms with E-state index in [0.29, 0.717) is 6.42 Å². The molecule has 0 aliphatic carbocycles. The first-order valence-corrected chi connectivity index (χ1v) is 9.07. The molecule has 2 N–H and O–H groups in total. The van der Waals surface area contributed by atoms with Gasteiger partial charge in [0.05, 0.1) is 6.04 Å². The number of carbonyl (C=O) groups is 1. The largest absolute Gasteiger partial charge is 0.340 e. The molecule has 0 spiro atoms. The summed E-state index contributed by atoms with van der Waals surface area (Å²) in [5.74, 6) is 0.0745. The zero-order valence-electron chi connectivity index (χ0n) is 15.5. The van der Waals surface area contributed by atoms with Gasteiger partial charge in [-0.2, -0.15) is 0 Å². The summed E-state index contributed by atoms with van der Waals surface area (Å²) in [5, 5.41) is 0. The number of rotatable bonds is 5. The first-order valence-electron chi connectivity index (χ1n) is 9.07. The molecular weight excluding hydrogens is 381 g/mol. The maximum absolute atomic E-state index is 12.7. The van der Waals surface area contributed by atoms with E-state index in [9.17, 15) is 4.79 Å². The predicted octanol–water partition coefficient (Wildman–Crippen LogP) is 3.13. The van der Waals surface area contributed by atoms with Crippen molar-refractivity contribution in [2.24, 2.45) is 5.73 Å². The number of carbonyl (C=O) groups excluding carboxylic acids is 1. The van der Waals surface area contributed by atoms with Gasteiger partial charge in [-0.05, 0) is 24.0 Å². The molecule has 1 aliphatic rings. The summed E-state index contributed by atoms with van der Waals surface area (Å²) in [6, 6.07) is 20.1. The third-order valence-electron chi connectivity index (χ3n) is 4.76. The number of hydrogen-bond acceptors (Lipinski definition) is 3. The lowest BCUT2D eigenvalue weighted by molar-refractivity contribution is -0.132. The molecule has 1 fully saturated rings. The van der Waals surface area contributed by atoms with Crippen molar-refractivity contribution in [3.05, 3.63) is 71.8 Å². The van der Waals surface area contributed by atoms with Gasteiger partial charge in [0.2, 0.25) is 5.91 Å². The Morgan fingerprint density at radius 3 is 2.07 bits per heavy atom. The van der Waals surface area contributed by atoms with Gasteiger partial charge in [-0.1, -0.05) is 60.7 Å². The molecule has 2 aromatic carbocycles. The fourth-order valence-corrected chi connectivity index (χ4v) is 3.38. The van der Waals surface area contributed by atoms with E-state index in [1.807, 2.05) is 41.3 Å². The lowest BCUT2D eigenvalue weighted by atomic mass is 10.1. The Kier molecular flexibility index (Phi) is 10.4. The van der Waals surface area contributed by atoms with E-state index in [0.717, 1.165) is 44.7 Å². The van der Waals surface area contributed by atoms with Crippen LogP contribution in [0, 0.1) is 0 Å². The van der Waals surface area contributed by atoms with E-state index in [-0.39, 0.29) is 30.7 Å². The normalized spacial score (nSPS) is 15.8. The fourth-order valence-electron chi connectivity index (χ4n) is 3.38. The van der Waals surface area contributed by atoms with Gasteiger partial charge in [-0.3, -0.25) is 9.69 Å². The first-order chi connectivity index (χ1) is 12.2. The number of halogens is 2. The van der Waals surface area contributed by atoms with Crippen LogP contribution in [0.2, 0.25) is 0 Å². The SMILES string of the molecule is Cl.Cl.N[C@@H](Cc1ccccc1)C(=O)N1CCCN(Cc2ccccc2)CC1. The highest BCUT2D eigenvalue weighted by Gasteiger charge is 2.23. The highest BCUT2D eigenvalue weighted by Crippen LogP contribution is 2.11. The van der Waals surface area contributed by atoms with Gasteiger partial charge in [-0.15, -0.1) is 24.8 Å². The highest BCUT2D eigenvalue weighted by molar-refractivity contribution is 5.85. The van der Waals surface area contributed by atoms with Crippen LogP contribution in [0.3, 0.4) is 0 Å². The van der Waals surface area contributed by atoms with Crippen molar-refractivity contribution in [1.82, 2.24) is 9.80 Å². The van der Waals surface area contributed by atoms with Gasteiger partial charge < -0.3 is 10.6 Å². The van der Waals surface area contributed by atoms with Gasteiger partial charge in [0.25, 0.3) is 0 Å². The van der Waals surface area contributed by atoms with Crippen LogP contribution in [0.4, 0.5) is 0 Å². The zero-order valence-corrected chi connectivity index (χ0v) is 17.1. The summed E-state index contributed by atoms with van der Waals surface area (Å²) < 4.78 is 0. The lowest BCUT2D eigenvalue weighted by Gasteiger charge is -2.25. The standard InChI is InChI=1S/C21H27N3O.2ClH/c22-20(16-18-8-3-1-4-9-18)21(25)24-13-7-12-23(14-15-24)17-19-10-5-2-6-11-19;;/h1-6,8-11,20H,7,12-17,22H2;2*1H/t20-;;/m0../s1. The van der Waals surface area contributed by atoms with Crippen LogP contribution in [-0.4, -0.2) is 47.9 Å². The van der Waals surface area contributed by atoms with Crippen molar-refractivity contribution in [1.29, 1.82) is 0 Å². The molecule has 1 amide bonds. The quantitative estimate of drug-likeness (QED) is 0.824. The van der Waals surface area contributed by atoms with Crippen molar-refractivity contribution in [3.63, 3.8) is 0 Å². The molecule has 148 valence electrons. The average molecular weight is 410 g/mol. The summed E-state index contributed by atoms with van der Waals surface area (Å²) in [5.41, 5.74) is 8.62. The monoisotopic (exact) mass is 409 g/mol. The summed E-state index contributed by atoms with van der Waals surface area (Å²) in [4.78, 5) is 17.1. The van der Waals surface area contributed by atoms with E-state index in [1.54, 1.807) is 0 Å². The van der Waals surface area contributed by atoms with Crippen LogP contribution in [0.1, 0.15) is 17.5 Å². The molecule has 0 unspecified atom stereocenters. The predicted molar refractivity (Wildman–Crippen MR) is 116 cm³/mol. The van der Waals surface area contributed by atoms with Crippen LogP contribution < -0.4 is 5.73 Å². The molecule has 1 atom stereocenters. The van der Waals surface area contributed by atoms with Gasteiger partial charge in [-0.25, -0.2) is 0 Å². The molecule has 1 saturated heterocycles. The topological polar surface area (TPSA) is 49.6 Å². The second-order valence-electron chi connectivity index (χ2n) is 6.74. The minimum absolute atomic E-state index is 0. The van der Waals surface area contributed by atoms with E-state index < -0.39 is 6.04 Å². The molecule has 0 radical (unpaired) electrons. The Hall–Kier alpha value is -1.59. The van der Waals surface area contributed by atoms with Gasteiger partial charge >= 0.3 is 0 Å².